The van der Waals surface area contributed by atoms with E-state index < -0.39 is 0 Å². The van der Waals surface area contributed by atoms with Crippen LogP contribution in [0.2, 0.25) is 0 Å². The fourth-order valence-corrected chi connectivity index (χ4v) is 2.92. The molecule has 1 aromatic heterocycles. The summed E-state index contributed by atoms with van der Waals surface area (Å²) < 4.78 is 4.61. The maximum absolute atomic E-state index is 2.53. The molecule has 0 bridgehead atoms. The van der Waals surface area contributed by atoms with Crippen LogP contribution in [0.25, 0.3) is 0 Å². The van der Waals surface area contributed by atoms with Crippen LogP contribution in [0.1, 0.15) is 25.7 Å². The molecule has 0 saturated carbocycles. The number of aromatic nitrogens is 2. The molecular formula is C13H23N4+. The lowest BCUT2D eigenvalue weighted by Crippen LogP contribution is -2.41. The maximum atomic E-state index is 2.53. The Kier molecular flexibility index (Phi) is 3.43. The lowest BCUT2D eigenvalue weighted by Gasteiger charge is -2.12. The molecule has 1 aromatic rings. The standard InChI is InChI=1S/C13H23N4/c1-2-6-14(5-1)11-16-9-10-17(13-16)12-15-7-3-4-8-15/h9-10,13H,1-8,11-12H2/q+1. The molecule has 0 aliphatic carbocycles. The molecule has 4 heteroatoms. The first kappa shape index (κ1) is 11.2. The quantitative estimate of drug-likeness (QED) is 0.720. The average molecular weight is 235 g/mol. The molecule has 94 valence electrons. The lowest BCUT2D eigenvalue weighted by atomic mass is 10.4. The van der Waals surface area contributed by atoms with Gasteiger partial charge in [-0.3, -0.25) is 9.80 Å². The number of imidazole rings is 1. The summed E-state index contributed by atoms with van der Waals surface area (Å²) in [5.41, 5.74) is 0. The molecular weight excluding hydrogens is 212 g/mol. The van der Waals surface area contributed by atoms with E-state index in [2.05, 4.69) is 37.7 Å². The van der Waals surface area contributed by atoms with Crippen LogP contribution in [-0.2, 0) is 13.3 Å². The molecule has 0 radical (unpaired) electrons. The van der Waals surface area contributed by atoms with Crippen molar-refractivity contribution in [2.45, 2.75) is 39.0 Å². The molecule has 17 heavy (non-hydrogen) atoms. The molecule has 2 saturated heterocycles. The highest BCUT2D eigenvalue weighted by Gasteiger charge is 2.17. The Balaban J connectivity index is 1.54. The van der Waals surface area contributed by atoms with E-state index in [-0.39, 0.29) is 0 Å². The third-order valence-corrected chi connectivity index (χ3v) is 3.87. The highest BCUT2D eigenvalue weighted by Crippen LogP contribution is 2.08. The second kappa shape index (κ2) is 5.19. The summed E-state index contributed by atoms with van der Waals surface area (Å²) in [6, 6.07) is 0. The number of rotatable bonds is 4. The van der Waals surface area contributed by atoms with Crippen molar-refractivity contribution in [2.75, 3.05) is 26.2 Å². The summed E-state index contributed by atoms with van der Waals surface area (Å²) in [5, 5.41) is 0. The number of nitrogens with zero attached hydrogens (tertiary/aromatic N) is 4. The fourth-order valence-electron chi connectivity index (χ4n) is 2.92. The van der Waals surface area contributed by atoms with Gasteiger partial charge in [0.1, 0.15) is 25.7 Å². The Bertz CT molecular complexity index is 316. The first-order valence-electron chi connectivity index (χ1n) is 6.90. The van der Waals surface area contributed by atoms with Gasteiger partial charge in [-0.25, -0.2) is 9.13 Å². The van der Waals surface area contributed by atoms with E-state index in [1.807, 2.05) is 0 Å². The summed E-state index contributed by atoms with van der Waals surface area (Å²) >= 11 is 0. The van der Waals surface area contributed by atoms with Crippen molar-refractivity contribution in [3.63, 3.8) is 0 Å². The summed E-state index contributed by atoms with van der Waals surface area (Å²) in [6.07, 6.45) is 12.1. The maximum Gasteiger partial charge on any atom is 0.245 e. The molecule has 2 aliphatic rings. The van der Waals surface area contributed by atoms with Crippen molar-refractivity contribution in [2.24, 2.45) is 0 Å². The smallest absolute Gasteiger partial charge is 0.245 e. The normalized spacial score (nSPS) is 22.6. The van der Waals surface area contributed by atoms with Gasteiger partial charge in [0.2, 0.25) is 6.33 Å². The minimum absolute atomic E-state index is 1.06. The molecule has 0 aromatic carbocycles. The molecule has 0 N–H and O–H groups in total. The van der Waals surface area contributed by atoms with Crippen LogP contribution >= 0.6 is 0 Å². The first-order chi connectivity index (χ1) is 8.40. The minimum Gasteiger partial charge on any atom is -0.267 e. The third-order valence-electron chi connectivity index (χ3n) is 3.87. The van der Waals surface area contributed by atoms with E-state index >= 15 is 0 Å². The molecule has 2 aliphatic heterocycles. The van der Waals surface area contributed by atoms with Crippen molar-refractivity contribution in [1.29, 1.82) is 0 Å². The molecule has 4 nitrogen and oxygen atoms in total. The van der Waals surface area contributed by atoms with E-state index in [1.165, 1.54) is 51.9 Å². The SMILES string of the molecule is c1c[n+](CN2CCCC2)cn1CN1CCCC1. The molecule has 2 fully saturated rings. The summed E-state index contributed by atoms with van der Waals surface area (Å²) in [7, 11) is 0. The van der Waals surface area contributed by atoms with Gasteiger partial charge in [-0.05, 0) is 25.7 Å². The molecule has 3 heterocycles. The Morgan fingerprint density at radius 1 is 0.882 bits per heavy atom. The van der Waals surface area contributed by atoms with E-state index in [9.17, 15) is 0 Å². The molecule has 3 rings (SSSR count). The van der Waals surface area contributed by atoms with Crippen LogP contribution in [0.4, 0.5) is 0 Å². The van der Waals surface area contributed by atoms with E-state index in [4.69, 9.17) is 0 Å². The summed E-state index contributed by atoms with van der Waals surface area (Å²) in [4.78, 5) is 5.06. The van der Waals surface area contributed by atoms with Gasteiger partial charge in [0.15, 0.2) is 0 Å². The van der Waals surface area contributed by atoms with Crippen LogP contribution in [0.3, 0.4) is 0 Å². The van der Waals surface area contributed by atoms with Gasteiger partial charge < -0.3 is 0 Å². The highest BCUT2D eigenvalue weighted by atomic mass is 15.3. The lowest BCUT2D eigenvalue weighted by molar-refractivity contribution is -0.714. The Hall–Kier alpha value is -0.870. The number of hydrogen-bond donors (Lipinski definition) is 0. The van der Waals surface area contributed by atoms with Crippen molar-refractivity contribution in [3.8, 4) is 0 Å². The van der Waals surface area contributed by atoms with E-state index in [0.717, 1.165) is 13.3 Å². The van der Waals surface area contributed by atoms with E-state index in [1.54, 1.807) is 0 Å². The van der Waals surface area contributed by atoms with Crippen molar-refractivity contribution < 1.29 is 4.57 Å². The average Bonchev–Trinajstić information content (AvgIpc) is 3.02. The number of hydrogen-bond acceptors (Lipinski definition) is 2. The first-order valence-corrected chi connectivity index (χ1v) is 6.90. The van der Waals surface area contributed by atoms with Gasteiger partial charge in [-0.1, -0.05) is 0 Å². The van der Waals surface area contributed by atoms with Gasteiger partial charge in [0, 0.05) is 26.2 Å². The van der Waals surface area contributed by atoms with Crippen LogP contribution in [0, 0.1) is 0 Å². The fraction of sp³-hybridized carbons (Fsp3) is 0.769. The van der Waals surface area contributed by atoms with Gasteiger partial charge in [0.25, 0.3) is 0 Å². The monoisotopic (exact) mass is 235 g/mol. The number of likely N-dealkylation sites (tertiary alicyclic amines) is 2. The summed E-state index contributed by atoms with van der Waals surface area (Å²) in [6.45, 7) is 7.20. The van der Waals surface area contributed by atoms with Crippen molar-refractivity contribution >= 4 is 0 Å². The summed E-state index contributed by atoms with van der Waals surface area (Å²) in [5.74, 6) is 0. The molecule has 0 amide bonds. The van der Waals surface area contributed by atoms with Crippen LogP contribution in [-0.4, -0.2) is 40.5 Å². The topological polar surface area (TPSA) is 15.3 Å². The minimum atomic E-state index is 1.06. The molecule has 0 atom stereocenters. The Morgan fingerprint density at radius 3 is 2.24 bits per heavy atom. The largest absolute Gasteiger partial charge is 0.267 e. The van der Waals surface area contributed by atoms with Crippen molar-refractivity contribution in [1.82, 2.24) is 14.4 Å². The van der Waals surface area contributed by atoms with Crippen molar-refractivity contribution in [3.05, 3.63) is 18.7 Å². The predicted octanol–water partition coefficient (Wildman–Crippen LogP) is 0.882. The van der Waals surface area contributed by atoms with Gasteiger partial charge in [-0.2, -0.15) is 0 Å². The van der Waals surface area contributed by atoms with Gasteiger partial charge in [0.05, 0.1) is 0 Å². The van der Waals surface area contributed by atoms with Crippen LogP contribution in [0.15, 0.2) is 18.7 Å². The third kappa shape index (κ3) is 2.87. The zero-order chi connectivity index (χ0) is 11.5. The Labute approximate surface area is 103 Å². The predicted molar refractivity (Wildman–Crippen MR) is 66.2 cm³/mol. The zero-order valence-electron chi connectivity index (χ0n) is 10.6. The second-order valence-corrected chi connectivity index (χ2v) is 5.38. The van der Waals surface area contributed by atoms with Gasteiger partial charge in [-0.15, -0.1) is 0 Å². The Morgan fingerprint density at radius 2 is 1.53 bits per heavy atom. The van der Waals surface area contributed by atoms with E-state index in [0.29, 0.717) is 0 Å². The highest BCUT2D eigenvalue weighted by molar-refractivity contribution is 4.70. The van der Waals surface area contributed by atoms with Crippen LogP contribution in [0.5, 0.6) is 0 Å². The molecule has 0 unspecified atom stereocenters. The second-order valence-electron chi connectivity index (χ2n) is 5.38. The van der Waals surface area contributed by atoms with Gasteiger partial charge >= 0.3 is 0 Å². The van der Waals surface area contributed by atoms with Crippen LogP contribution < -0.4 is 4.57 Å². The zero-order valence-corrected chi connectivity index (χ0v) is 10.6. The molecule has 0 spiro atoms.